The van der Waals surface area contributed by atoms with Gasteiger partial charge in [0.05, 0.1) is 4.90 Å². The van der Waals surface area contributed by atoms with Crippen molar-refractivity contribution < 1.29 is 13.2 Å². The van der Waals surface area contributed by atoms with Crippen molar-refractivity contribution in [1.82, 2.24) is 10.0 Å². The van der Waals surface area contributed by atoms with Gasteiger partial charge in [-0.1, -0.05) is 12.1 Å². The van der Waals surface area contributed by atoms with E-state index < -0.39 is 10.0 Å². The summed E-state index contributed by atoms with van der Waals surface area (Å²) in [4.78, 5) is 16.5. The summed E-state index contributed by atoms with van der Waals surface area (Å²) in [6.07, 6.45) is 3.18. The molecule has 1 aromatic carbocycles. The molecular weight excluding hydrogens is 328 g/mol. The quantitative estimate of drug-likeness (QED) is 0.616. The van der Waals surface area contributed by atoms with E-state index in [2.05, 4.69) is 15.0 Å². The molecule has 8 heteroatoms. The molecule has 130 valence electrons. The molecule has 0 radical (unpaired) electrons. The van der Waals surface area contributed by atoms with Gasteiger partial charge in [-0.15, -0.1) is 0 Å². The molecule has 1 heterocycles. The van der Waals surface area contributed by atoms with Crippen LogP contribution in [0.15, 0.2) is 34.2 Å². The van der Waals surface area contributed by atoms with E-state index in [0.717, 1.165) is 12.8 Å². The van der Waals surface area contributed by atoms with E-state index in [1.807, 2.05) is 0 Å². The molecule has 3 rings (SSSR count). The maximum Gasteiger partial charge on any atom is 0.263 e. The lowest BCUT2D eigenvalue weighted by Crippen LogP contribution is -2.41. The van der Waals surface area contributed by atoms with Crippen LogP contribution in [0.25, 0.3) is 0 Å². The van der Waals surface area contributed by atoms with Gasteiger partial charge in [0.2, 0.25) is 5.91 Å². The molecule has 1 aliphatic heterocycles. The number of aliphatic imine (C=N–C) groups is 1. The first kappa shape index (κ1) is 16.9. The smallest absolute Gasteiger partial charge is 0.263 e. The zero-order valence-electron chi connectivity index (χ0n) is 13.4. The predicted octanol–water partition coefficient (Wildman–Crippen LogP) is 0.359. The average molecular weight is 350 g/mol. The molecule has 0 aromatic heterocycles. The molecule has 1 amide bonds. The summed E-state index contributed by atoms with van der Waals surface area (Å²) in [5, 5.41) is 2.96. The molecule has 1 saturated carbocycles. The van der Waals surface area contributed by atoms with Crippen molar-refractivity contribution >= 4 is 21.8 Å². The highest BCUT2D eigenvalue weighted by molar-refractivity contribution is 7.90. The molecule has 1 atom stereocenters. The van der Waals surface area contributed by atoms with Crippen molar-refractivity contribution in [2.75, 3.05) is 13.1 Å². The fraction of sp³-hybridized carbons (Fsp3) is 0.500. The van der Waals surface area contributed by atoms with Crippen LogP contribution in [0.4, 0.5) is 0 Å². The lowest BCUT2D eigenvalue weighted by atomic mass is 10.1. The van der Waals surface area contributed by atoms with Crippen molar-refractivity contribution in [3.05, 3.63) is 29.8 Å². The molecule has 2 aliphatic rings. The van der Waals surface area contributed by atoms with E-state index in [1.165, 1.54) is 0 Å². The Labute approximate surface area is 141 Å². The molecule has 1 unspecified atom stereocenters. The normalized spacial score (nSPS) is 21.1. The average Bonchev–Trinajstić information content (AvgIpc) is 3.36. The van der Waals surface area contributed by atoms with Crippen LogP contribution < -0.4 is 15.8 Å². The Kier molecular flexibility index (Phi) is 4.86. The van der Waals surface area contributed by atoms with Gasteiger partial charge in [0, 0.05) is 31.1 Å². The molecule has 24 heavy (non-hydrogen) atoms. The van der Waals surface area contributed by atoms with E-state index in [1.54, 1.807) is 24.3 Å². The summed E-state index contributed by atoms with van der Waals surface area (Å²) in [7, 11) is -3.50. The van der Waals surface area contributed by atoms with Crippen molar-refractivity contribution in [3.8, 4) is 0 Å². The summed E-state index contributed by atoms with van der Waals surface area (Å²) in [6.45, 7) is 0.855. The molecule has 4 N–H and O–H groups in total. The highest BCUT2D eigenvalue weighted by Gasteiger charge is 2.31. The largest absolute Gasteiger partial charge is 0.352 e. The number of nitrogens with zero attached hydrogens (tertiary/aromatic N) is 1. The maximum absolute atomic E-state index is 12.0. The van der Waals surface area contributed by atoms with Gasteiger partial charge in [-0.05, 0) is 37.3 Å². The van der Waals surface area contributed by atoms with Crippen LogP contribution in [0.1, 0.15) is 31.2 Å². The molecule has 7 nitrogen and oxygen atoms in total. The number of nitrogens with two attached hydrogens (primary N) is 1. The summed E-state index contributed by atoms with van der Waals surface area (Å²) >= 11 is 0. The Morgan fingerprint density at radius 1 is 1.38 bits per heavy atom. The Morgan fingerprint density at radius 3 is 2.83 bits per heavy atom. The fourth-order valence-corrected chi connectivity index (χ4v) is 4.08. The molecule has 1 fully saturated rings. The number of amides is 1. The SMILES string of the molecule is NCC(NC(=O)CCCN=C1NS(=O)(=O)c2ccccc21)C1CC1. The Bertz CT molecular complexity index is 756. The van der Waals surface area contributed by atoms with Gasteiger partial charge in [0.1, 0.15) is 5.84 Å². The van der Waals surface area contributed by atoms with Gasteiger partial charge in [-0.3, -0.25) is 14.5 Å². The molecule has 0 saturated heterocycles. The van der Waals surface area contributed by atoms with Crippen molar-refractivity contribution in [2.24, 2.45) is 16.6 Å². The molecule has 0 spiro atoms. The minimum absolute atomic E-state index is 0.0232. The van der Waals surface area contributed by atoms with Gasteiger partial charge in [0.25, 0.3) is 10.0 Å². The zero-order valence-corrected chi connectivity index (χ0v) is 14.2. The van der Waals surface area contributed by atoms with Crippen molar-refractivity contribution in [3.63, 3.8) is 0 Å². The lowest BCUT2D eigenvalue weighted by molar-refractivity contribution is -0.121. The summed E-state index contributed by atoms with van der Waals surface area (Å²) in [5.41, 5.74) is 6.25. The van der Waals surface area contributed by atoms with E-state index >= 15 is 0 Å². The first-order valence-electron chi connectivity index (χ1n) is 8.17. The van der Waals surface area contributed by atoms with Crippen LogP contribution in [0.2, 0.25) is 0 Å². The molecular formula is C16H22N4O3S. The highest BCUT2D eigenvalue weighted by atomic mass is 32.2. The predicted molar refractivity (Wildman–Crippen MR) is 91.1 cm³/mol. The topological polar surface area (TPSA) is 114 Å². The van der Waals surface area contributed by atoms with Crippen LogP contribution in [0.3, 0.4) is 0 Å². The van der Waals surface area contributed by atoms with Crippen LogP contribution >= 0.6 is 0 Å². The summed E-state index contributed by atoms with van der Waals surface area (Å²) in [5.74, 6) is 0.859. The number of hydrogen-bond acceptors (Lipinski definition) is 5. The second kappa shape index (κ2) is 6.90. The van der Waals surface area contributed by atoms with E-state index in [9.17, 15) is 13.2 Å². The maximum atomic E-state index is 12.0. The standard InChI is InChI=1S/C16H22N4O3S/c17-10-13(11-7-8-11)19-15(21)6-3-9-18-16-12-4-1-2-5-14(12)24(22,23)20-16/h1-2,4-5,11,13H,3,6-10,17H2,(H,18,20)(H,19,21). The minimum Gasteiger partial charge on any atom is -0.352 e. The van der Waals surface area contributed by atoms with Gasteiger partial charge in [0.15, 0.2) is 0 Å². The number of fused-ring (bicyclic) bond motifs is 1. The fourth-order valence-electron chi connectivity index (χ4n) is 2.83. The third kappa shape index (κ3) is 3.76. The Hall–Kier alpha value is -1.93. The van der Waals surface area contributed by atoms with E-state index in [4.69, 9.17) is 5.73 Å². The van der Waals surface area contributed by atoms with Crippen molar-refractivity contribution in [2.45, 2.75) is 36.6 Å². The number of hydrogen-bond donors (Lipinski definition) is 3. The first-order valence-corrected chi connectivity index (χ1v) is 9.65. The van der Waals surface area contributed by atoms with Crippen LogP contribution in [0, 0.1) is 5.92 Å². The Balaban J connectivity index is 1.51. The monoisotopic (exact) mass is 350 g/mol. The number of sulfonamides is 1. The third-order valence-corrected chi connectivity index (χ3v) is 5.68. The summed E-state index contributed by atoms with van der Waals surface area (Å²) in [6, 6.07) is 6.81. The van der Waals surface area contributed by atoms with Gasteiger partial charge in [-0.25, -0.2) is 8.42 Å². The number of rotatable bonds is 7. The van der Waals surface area contributed by atoms with Crippen LogP contribution in [0.5, 0.6) is 0 Å². The van der Waals surface area contributed by atoms with E-state index in [0.29, 0.717) is 43.2 Å². The second-order valence-electron chi connectivity index (χ2n) is 6.18. The van der Waals surface area contributed by atoms with Gasteiger partial charge >= 0.3 is 0 Å². The highest BCUT2D eigenvalue weighted by Crippen LogP contribution is 2.32. The minimum atomic E-state index is -3.50. The number of amidine groups is 1. The number of carbonyl (C=O) groups excluding carboxylic acids is 1. The lowest BCUT2D eigenvalue weighted by Gasteiger charge is -2.15. The zero-order chi connectivity index (χ0) is 17.2. The number of benzene rings is 1. The van der Waals surface area contributed by atoms with Gasteiger partial charge < -0.3 is 11.1 Å². The molecule has 1 aliphatic carbocycles. The van der Waals surface area contributed by atoms with Crippen LogP contribution in [-0.2, 0) is 14.8 Å². The number of carbonyl (C=O) groups is 1. The van der Waals surface area contributed by atoms with Crippen LogP contribution in [-0.4, -0.2) is 39.3 Å². The Morgan fingerprint density at radius 2 is 2.12 bits per heavy atom. The second-order valence-corrected chi connectivity index (χ2v) is 7.83. The number of nitrogens with one attached hydrogen (secondary N) is 2. The molecule has 0 bridgehead atoms. The van der Waals surface area contributed by atoms with E-state index in [-0.39, 0.29) is 16.8 Å². The van der Waals surface area contributed by atoms with Crippen molar-refractivity contribution in [1.29, 1.82) is 0 Å². The van der Waals surface area contributed by atoms with Gasteiger partial charge in [-0.2, -0.15) is 0 Å². The summed E-state index contributed by atoms with van der Waals surface area (Å²) < 4.78 is 26.4. The molecule has 1 aromatic rings. The third-order valence-electron chi connectivity index (χ3n) is 4.29. The first-order chi connectivity index (χ1) is 11.5.